The van der Waals surface area contributed by atoms with Crippen LogP contribution < -0.4 is 10.6 Å². The molecule has 4 rings (SSSR count). The van der Waals surface area contributed by atoms with Crippen LogP contribution in [0.15, 0.2) is 61.1 Å². The average molecular weight is 365 g/mol. The first-order valence-corrected chi connectivity index (χ1v) is 8.52. The molecule has 2 aromatic carbocycles. The largest absolute Gasteiger partial charge is 0.370 e. The van der Waals surface area contributed by atoms with Crippen LogP contribution in [-0.2, 0) is 6.42 Å². The summed E-state index contributed by atoms with van der Waals surface area (Å²) in [6.07, 6.45) is 4.15. The Morgan fingerprint density at radius 2 is 1.70 bits per heavy atom. The van der Waals surface area contributed by atoms with Crippen molar-refractivity contribution in [2.45, 2.75) is 6.42 Å². The van der Waals surface area contributed by atoms with E-state index in [1.165, 1.54) is 35.5 Å². The van der Waals surface area contributed by atoms with Gasteiger partial charge in [-0.05, 0) is 30.2 Å². The van der Waals surface area contributed by atoms with Crippen molar-refractivity contribution in [1.29, 1.82) is 0 Å². The van der Waals surface area contributed by atoms with Gasteiger partial charge >= 0.3 is 0 Å². The minimum Gasteiger partial charge on any atom is -0.370 e. The minimum atomic E-state index is -0.678. The third-order valence-corrected chi connectivity index (χ3v) is 4.26. The zero-order chi connectivity index (χ0) is 18.6. The van der Waals surface area contributed by atoms with Gasteiger partial charge in [-0.1, -0.05) is 24.3 Å². The number of para-hydroxylation sites is 2. The molecule has 136 valence electrons. The highest BCUT2D eigenvalue weighted by Crippen LogP contribution is 2.23. The van der Waals surface area contributed by atoms with E-state index in [-0.39, 0.29) is 5.69 Å². The van der Waals surface area contributed by atoms with Crippen LogP contribution in [0.5, 0.6) is 0 Å². The average Bonchev–Trinajstić information content (AvgIpc) is 3.09. The number of benzene rings is 2. The maximum atomic E-state index is 13.8. The molecule has 0 fully saturated rings. The Labute approximate surface area is 154 Å². The van der Waals surface area contributed by atoms with Crippen LogP contribution >= 0.6 is 0 Å². The molecule has 0 spiro atoms. The van der Waals surface area contributed by atoms with Crippen molar-refractivity contribution in [1.82, 2.24) is 15.0 Å². The molecule has 27 heavy (non-hydrogen) atoms. The lowest BCUT2D eigenvalue weighted by Gasteiger charge is -2.10. The predicted molar refractivity (Wildman–Crippen MR) is 102 cm³/mol. The zero-order valence-corrected chi connectivity index (χ0v) is 14.3. The summed E-state index contributed by atoms with van der Waals surface area (Å²) in [4.78, 5) is 11.4. The van der Waals surface area contributed by atoms with Crippen LogP contribution in [-0.4, -0.2) is 21.5 Å². The number of nitrogens with zero attached hydrogens (tertiary/aromatic N) is 2. The number of H-pyrrole nitrogens is 1. The van der Waals surface area contributed by atoms with E-state index < -0.39 is 11.6 Å². The van der Waals surface area contributed by atoms with Gasteiger partial charge in [0.25, 0.3) is 0 Å². The van der Waals surface area contributed by atoms with Gasteiger partial charge in [0.05, 0.1) is 0 Å². The lowest BCUT2D eigenvalue weighted by molar-refractivity contribution is 0.590. The van der Waals surface area contributed by atoms with Gasteiger partial charge < -0.3 is 15.6 Å². The first-order chi connectivity index (χ1) is 13.2. The number of halogens is 2. The highest BCUT2D eigenvalue weighted by atomic mass is 19.1. The molecular weight excluding hydrogens is 348 g/mol. The van der Waals surface area contributed by atoms with Crippen LogP contribution in [0, 0.1) is 11.6 Å². The Hall–Kier alpha value is -3.48. The van der Waals surface area contributed by atoms with Gasteiger partial charge in [0.1, 0.15) is 35.3 Å². The molecular formula is C20H17F2N5. The predicted octanol–water partition coefficient (Wildman–Crippen LogP) is 4.63. The smallest absolute Gasteiger partial charge is 0.149 e. The van der Waals surface area contributed by atoms with E-state index in [1.807, 2.05) is 24.4 Å². The molecule has 0 aliphatic rings. The van der Waals surface area contributed by atoms with Crippen molar-refractivity contribution >= 4 is 28.2 Å². The summed E-state index contributed by atoms with van der Waals surface area (Å²) in [5.74, 6) is -0.474. The summed E-state index contributed by atoms with van der Waals surface area (Å²) in [5, 5.41) is 7.07. The second-order valence-corrected chi connectivity index (χ2v) is 6.05. The number of aromatic nitrogens is 3. The van der Waals surface area contributed by atoms with E-state index in [9.17, 15) is 8.78 Å². The highest BCUT2D eigenvalue weighted by Gasteiger charge is 2.09. The lowest BCUT2D eigenvalue weighted by Crippen LogP contribution is -2.07. The van der Waals surface area contributed by atoms with E-state index in [0.29, 0.717) is 18.2 Å². The monoisotopic (exact) mass is 365 g/mol. The Morgan fingerprint density at radius 1 is 0.926 bits per heavy atom. The van der Waals surface area contributed by atoms with E-state index in [4.69, 9.17) is 0 Å². The first-order valence-electron chi connectivity index (χ1n) is 8.52. The van der Waals surface area contributed by atoms with Crippen LogP contribution in [0.4, 0.5) is 26.1 Å². The molecule has 5 nitrogen and oxygen atoms in total. The molecule has 0 aliphatic carbocycles. The number of hydrogen-bond donors (Lipinski definition) is 3. The van der Waals surface area contributed by atoms with Crippen molar-refractivity contribution in [3.8, 4) is 0 Å². The van der Waals surface area contributed by atoms with Gasteiger partial charge in [0, 0.05) is 29.7 Å². The van der Waals surface area contributed by atoms with Gasteiger partial charge in [0.2, 0.25) is 0 Å². The fraction of sp³-hybridized carbons (Fsp3) is 0.100. The summed E-state index contributed by atoms with van der Waals surface area (Å²) < 4.78 is 27.5. The number of aromatic amines is 1. The first kappa shape index (κ1) is 17.0. The standard InChI is InChI=1S/C20H17F2N5/c21-15-5-3-6-16(22)20(15)27-19-10-18(25-12-26-19)23-9-8-13-11-24-17-7-2-1-4-14(13)17/h1-7,10-12,24H,8-9H2,(H2,23,25,26,27). The second kappa shape index (κ2) is 7.41. The normalized spacial score (nSPS) is 10.9. The van der Waals surface area contributed by atoms with Crippen molar-refractivity contribution < 1.29 is 8.78 Å². The number of hydrogen-bond acceptors (Lipinski definition) is 4. The van der Waals surface area contributed by atoms with E-state index in [1.54, 1.807) is 6.07 Å². The number of nitrogens with one attached hydrogen (secondary N) is 3. The van der Waals surface area contributed by atoms with Gasteiger partial charge in [-0.25, -0.2) is 18.7 Å². The van der Waals surface area contributed by atoms with Crippen molar-refractivity contribution in [3.63, 3.8) is 0 Å². The van der Waals surface area contributed by atoms with Crippen LogP contribution in [0.1, 0.15) is 5.56 Å². The maximum Gasteiger partial charge on any atom is 0.149 e. The molecule has 0 amide bonds. The summed E-state index contributed by atoms with van der Waals surface area (Å²) in [5.41, 5.74) is 2.08. The maximum absolute atomic E-state index is 13.8. The molecule has 0 radical (unpaired) electrons. The SMILES string of the molecule is Fc1cccc(F)c1Nc1cc(NCCc2c[nH]c3ccccc23)ncn1. The van der Waals surface area contributed by atoms with Crippen molar-refractivity contribution in [2.24, 2.45) is 0 Å². The lowest BCUT2D eigenvalue weighted by atomic mass is 10.1. The summed E-state index contributed by atoms with van der Waals surface area (Å²) >= 11 is 0. The third-order valence-electron chi connectivity index (χ3n) is 4.26. The number of anilines is 3. The summed E-state index contributed by atoms with van der Waals surface area (Å²) in [7, 11) is 0. The zero-order valence-electron chi connectivity index (χ0n) is 14.3. The summed E-state index contributed by atoms with van der Waals surface area (Å²) in [6, 6.07) is 13.4. The Balaban J connectivity index is 1.42. The second-order valence-electron chi connectivity index (χ2n) is 6.05. The summed E-state index contributed by atoms with van der Waals surface area (Å²) in [6.45, 7) is 0.659. The van der Waals surface area contributed by atoms with Crippen LogP contribution in [0.3, 0.4) is 0 Å². The fourth-order valence-electron chi connectivity index (χ4n) is 2.93. The molecule has 7 heteroatoms. The number of rotatable bonds is 6. The van der Waals surface area contributed by atoms with Gasteiger partial charge in [-0.3, -0.25) is 0 Å². The third kappa shape index (κ3) is 3.72. The molecule has 2 heterocycles. The van der Waals surface area contributed by atoms with Gasteiger partial charge in [0.15, 0.2) is 0 Å². The van der Waals surface area contributed by atoms with Crippen molar-refractivity contribution in [3.05, 3.63) is 78.3 Å². The fourth-order valence-corrected chi connectivity index (χ4v) is 2.93. The highest BCUT2D eigenvalue weighted by molar-refractivity contribution is 5.83. The molecule has 0 saturated heterocycles. The molecule has 4 aromatic rings. The topological polar surface area (TPSA) is 65.6 Å². The molecule has 0 saturated carbocycles. The molecule has 0 unspecified atom stereocenters. The molecule has 0 atom stereocenters. The van der Waals surface area contributed by atoms with Crippen LogP contribution in [0.25, 0.3) is 10.9 Å². The Kier molecular flexibility index (Phi) is 4.65. The minimum absolute atomic E-state index is 0.235. The molecule has 0 bridgehead atoms. The van der Waals surface area contributed by atoms with E-state index in [0.717, 1.165) is 11.9 Å². The van der Waals surface area contributed by atoms with E-state index in [2.05, 4.69) is 31.7 Å². The molecule has 0 aliphatic heterocycles. The molecule has 2 aromatic heterocycles. The van der Waals surface area contributed by atoms with Crippen molar-refractivity contribution in [2.75, 3.05) is 17.2 Å². The number of fused-ring (bicyclic) bond motifs is 1. The van der Waals surface area contributed by atoms with Gasteiger partial charge in [-0.15, -0.1) is 0 Å². The Bertz CT molecular complexity index is 1060. The van der Waals surface area contributed by atoms with Crippen LogP contribution in [0.2, 0.25) is 0 Å². The van der Waals surface area contributed by atoms with E-state index >= 15 is 0 Å². The molecule has 3 N–H and O–H groups in total. The quantitative estimate of drug-likeness (QED) is 0.466. The Morgan fingerprint density at radius 3 is 2.56 bits per heavy atom. The van der Waals surface area contributed by atoms with Gasteiger partial charge in [-0.2, -0.15) is 0 Å².